The zero-order chi connectivity index (χ0) is 13.6. The lowest BCUT2D eigenvalue weighted by Crippen LogP contribution is -2.15. The molecule has 1 aromatic carbocycles. The number of esters is 1. The van der Waals surface area contributed by atoms with Crippen molar-refractivity contribution in [3.63, 3.8) is 0 Å². The summed E-state index contributed by atoms with van der Waals surface area (Å²) in [6, 6.07) is 6.02. The first-order valence-electron chi connectivity index (χ1n) is 6.43. The van der Waals surface area contributed by atoms with Crippen LogP contribution in [-0.4, -0.2) is 17.4 Å². The Kier molecular flexibility index (Phi) is 2.82. The number of hydrogen-bond donors (Lipinski definition) is 1. The highest BCUT2D eigenvalue weighted by Gasteiger charge is 2.40. The highest BCUT2D eigenvalue weighted by molar-refractivity contribution is 5.88. The van der Waals surface area contributed by atoms with Gasteiger partial charge in [-0.15, -0.1) is 0 Å². The molecule has 0 aromatic heterocycles. The van der Waals surface area contributed by atoms with Gasteiger partial charge in [-0.2, -0.15) is 0 Å². The van der Waals surface area contributed by atoms with Crippen LogP contribution in [0.25, 0.3) is 0 Å². The predicted octanol–water partition coefficient (Wildman–Crippen LogP) is 2.44. The minimum Gasteiger partial charge on any atom is -0.485 e. The van der Waals surface area contributed by atoms with Gasteiger partial charge in [-0.25, -0.2) is 4.79 Å². The average molecular weight is 260 g/mol. The number of rotatable bonds is 3. The van der Waals surface area contributed by atoms with Gasteiger partial charge in [-0.05, 0) is 31.9 Å². The second kappa shape index (κ2) is 4.38. The molecule has 0 bridgehead atoms. The molecule has 0 amide bonds. The topological polar surface area (TPSA) is 55.8 Å². The summed E-state index contributed by atoms with van der Waals surface area (Å²) in [6.07, 6.45) is 1.87. The minimum absolute atomic E-state index is 0.174. The van der Waals surface area contributed by atoms with Crippen molar-refractivity contribution in [3.8, 4) is 5.75 Å². The molecule has 1 aromatic rings. The van der Waals surface area contributed by atoms with Crippen molar-refractivity contribution in [1.82, 2.24) is 0 Å². The maximum atomic E-state index is 11.7. The molecular weight excluding hydrogens is 244 g/mol. The van der Waals surface area contributed by atoms with Crippen molar-refractivity contribution in [1.29, 1.82) is 0 Å². The first-order valence-corrected chi connectivity index (χ1v) is 6.43. The number of benzene rings is 1. The van der Waals surface area contributed by atoms with Crippen LogP contribution in [-0.2, 0) is 9.53 Å². The van der Waals surface area contributed by atoms with Crippen molar-refractivity contribution in [2.75, 3.05) is 0 Å². The van der Waals surface area contributed by atoms with E-state index in [-0.39, 0.29) is 12.0 Å². The summed E-state index contributed by atoms with van der Waals surface area (Å²) in [5.74, 6) is 0.669. The molecule has 0 saturated carbocycles. The molecule has 0 saturated heterocycles. The van der Waals surface area contributed by atoms with Gasteiger partial charge in [0.25, 0.3) is 0 Å². The Balaban J connectivity index is 1.81. The van der Waals surface area contributed by atoms with E-state index in [1.165, 1.54) is 18.1 Å². The van der Waals surface area contributed by atoms with Crippen LogP contribution >= 0.6 is 0 Å². The largest absolute Gasteiger partial charge is 0.485 e. The number of aliphatic hydroxyl groups excluding tert-OH is 1. The number of carbonyl (C=O) groups is 1. The molecule has 2 aliphatic rings. The number of hydrogen-bond acceptors (Lipinski definition) is 4. The zero-order valence-electron chi connectivity index (χ0n) is 10.9. The molecule has 3 atom stereocenters. The van der Waals surface area contributed by atoms with Crippen LogP contribution in [0.5, 0.6) is 5.75 Å². The van der Waals surface area contributed by atoms with Crippen LogP contribution < -0.4 is 4.74 Å². The van der Waals surface area contributed by atoms with E-state index < -0.39 is 12.3 Å². The quantitative estimate of drug-likeness (QED) is 0.515. The molecule has 3 unspecified atom stereocenters. The SMILES string of the molecule is C/C(=C\C1CC2Oc3cccc1c32)C(=O)OC(C)O. The lowest BCUT2D eigenvalue weighted by atomic mass is 9.98. The van der Waals surface area contributed by atoms with E-state index in [4.69, 9.17) is 14.6 Å². The van der Waals surface area contributed by atoms with Crippen molar-refractivity contribution in [2.45, 2.75) is 38.6 Å². The smallest absolute Gasteiger partial charge is 0.335 e. The Morgan fingerprint density at radius 1 is 1.58 bits per heavy atom. The Hall–Kier alpha value is -1.81. The first kappa shape index (κ1) is 12.2. The van der Waals surface area contributed by atoms with E-state index in [0.717, 1.165) is 12.2 Å². The fourth-order valence-corrected chi connectivity index (χ4v) is 2.78. The minimum atomic E-state index is -1.08. The van der Waals surface area contributed by atoms with Crippen LogP contribution in [0.1, 0.15) is 43.4 Å². The second-order valence-corrected chi connectivity index (χ2v) is 5.06. The van der Waals surface area contributed by atoms with E-state index in [9.17, 15) is 4.79 Å². The number of allylic oxidation sites excluding steroid dienone is 1. The van der Waals surface area contributed by atoms with Gasteiger partial charge in [0.2, 0.25) is 0 Å². The van der Waals surface area contributed by atoms with Gasteiger partial charge in [0.15, 0.2) is 6.29 Å². The normalized spacial score (nSPS) is 25.1. The Labute approximate surface area is 111 Å². The van der Waals surface area contributed by atoms with Crippen LogP contribution in [0.3, 0.4) is 0 Å². The first-order chi connectivity index (χ1) is 9.06. The molecule has 1 heterocycles. The van der Waals surface area contributed by atoms with Crippen LogP contribution in [0.15, 0.2) is 29.8 Å². The molecule has 1 N–H and O–H groups in total. The monoisotopic (exact) mass is 260 g/mol. The predicted molar refractivity (Wildman–Crippen MR) is 68.7 cm³/mol. The fourth-order valence-electron chi connectivity index (χ4n) is 2.78. The molecule has 4 nitrogen and oxygen atoms in total. The molecule has 100 valence electrons. The van der Waals surface area contributed by atoms with Gasteiger partial charge < -0.3 is 14.6 Å². The highest BCUT2D eigenvalue weighted by atomic mass is 16.6. The van der Waals surface area contributed by atoms with Gasteiger partial charge in [-0.3, -0.25) is 0 Å². The van der Waals surface area contributed by atoms with E-state index >= 15 is 0 Å². The molecular formula is C15H16O4. The van der Waals surface area contributed by atoms with E-state index in [1.807, 2.05) is 18.2 Å². The van der Waals surface area contributed by atoms with Crippen molar-refractivity contribution in [3.05, 3.63) is 41.0 Å². The molecule has 4 heteroatoms. The van der Waals surface area contributed by atoms with Gasteiger partial charge in [0.05, 0.1) is 0 Å². The number of ether oxygens (including phenoxy) is 2. The summed E-state index contributed by atoms with van der Waals surface area (Å²) in [4.78, 5) is 11.7. The second-order valence-electron chi connectivity index (χ2n) is 5.06. The molecule has 1 aliphatic carbocycles. The molecule has 19 heavy (non-hydrogen) atoms. The average Bonchev–Trinajstić information content (AvgIpc) is 2.63. The van der Waals surface area contributed by atoms with Crippen LogP contribution in [0.2, 0.25) is 0 Å². The van der Waals surface area contributed by atoms with E-state index in [1.54, 1.807) is 6.92 Å². The summed E-state index contributed by atoms with van der Waals surface area (Å²) in [5, 5.41) is 9.05. The molecule has 3 rings (SSSR count). The van der Waals surface area contributed by atoms with Gasteiger partial charge in [-0.1, -0.05) is 18.2 Å². The Morgan fingerprint density at radius 3 is 3.11 bits per heavy atom. The zero-order valence-corrected chi connectivity index (χ0v) is 10.9. The molecule has 0 spiro atoms. The molecule has 0 radical (unpaired) electrons. The van der Waals surface area contributed by atoms with Crippen molar-refractivity contribution in [2.24, 2.45) is 0 Å². The summed E-state index contributed by atoms with van der Waals surface area (Å²) >= 11 is 0. The number of carbonyl (C=O) groups excluding carboxylic acids is 1. The van der Waals surface area contributed by atoms with Gasteiger partial charge >= 0.3 is 5.97 Å². The lowest BCUT2D eigenvalue weighted by Gasteiger charge is -2.27. The fraction of sp³-hybridized carbons (Fsp3) is 0.400. The van der Waals surface area contributed by atoms with Crippen LogP contribution in [0.4, 0.5) is 0 Å². The molecule has 0 fully saturated rings. The van der Waals surface area contributed by atoms with E-state index in [0.29, 0.717) is 5.57 Å². The third-order valence-electron chi connectivity index (χ3n) is 3.61. The summed E-state index contributed by atoms with van der Waals surface area (Å²) in [7, 11) is 0. The summed E-state index contributed by atoms with van der Waals surface area (Å²) < 4.78 is 10.4. The van der Waals surface area contributed by atoms with Crippen molar-refractivity contribution < 1.29 is 19.4 Å². The number of aliphatic hydroxyl groups is 1. The third kappa shape index (κ3) is 2.02. The highest BCUT2D eigenvalue weighted by Crippen LogP contribution is 2.54. The van der Waals surface area contributed by atoms with E-state index in [2.05, 4.69) is 6.07 Å². The Bertz CT molecular complexity index is 559. The molecule has 1 aliphatic heterocycles. The van der Waals surface area contributed by atoms with Crippen molar-refractivity contribution >= 4 is 5.97 Å². The standard InChI is InChI=1S/C15H16O4/c1-8(15(17)18-9(2)16)6-10-7-13-14-11(10)4-3-5-12(14)19-13/h3-6,9-10,13,16H,7H2,1-2H3/b8-6+. The Morgan fingerprint density at radius 2 is 2.37 bits per heavy atom. The maximum Gasteiger partial charge on any atom is 0.335 e. The van der Waals surface area contributed by atoms with Gasteiger partial charge in [0.1, 0.15) is 11.9 Å². The maximum absolute atomic E-state index is 11.7. The third-order valence-corrected chi connectivity index (χ3v) is 3.61. The summed E-state index contributed by atoms with van der Waals surface area (Å²) in [5.41, 5.74) is 3.03. The lowest BCUT2D eigenvalue weighted by molar-refractivity contribution is -0.159. The van der Waals surface area contributed by atoms with Crippen LogP contribution in [0, 0.1) is 0 Å². The van der Waals surface area contributed by atoms with Gasteiger partial charge in [0, 0.05) is 17.1 Å². The summed E-state index contributed by atoms with van der Waals surface area (Å²) in [6.45, 7) is 3.13.